The van der Waals surface area contributed by atoms with Gasteiger partial charge < -0.3 is 9.47 Å². The van der Waals surface area contributed by atoms with Gasteiger partial charge in [0.25, 0.3) is 0 Å². The highest BCUT2D eigenvalue weighted by molar-refractivity contribution is 5.91. The van der Waals surface area contributed by atoms with Gasteiger partial charge in [-0.25, -0.2) is 4.79 Å². The van der Waals surface area contributed by atoms with Crippen LogP contribution < -0.4 is 0 Å². The topological polar surface area (TPSA) is 52.6 Å². The Balaban J connectivity index is 2.20. The number of hydrogen-bond acceptors (Lipinski definition) is 4. The van der Waals surface area contributed by atoms with Crippen LogP contribution in [0.4, 0.5) is 0 Å². The van der Waals surface area contributed by atoms with Crippen LogP contribution in [-0.4, -0.2) is 25.7 Å². The largest absolute Gasteiger partial charge is 0.469 e. The molecule has 0 unspecified atom stereocenters. The average molecular weight is 340 g/mol. The highest BCUT2D eigenvalue weighted by Crippen LogP contribution is 2.28. The van der Waals surface area contributed by atoms with E-state index in [0.717, 1.165) is 11.1 Å². The van der Waals surface area contributed by atoms with Crippen molar-refractivity contribution in [2.45, 2.75) is 26.7 Å². The van der Waals surface area contributed by atoms with E-state index in [0.29, 0.717) is 5.56 Å². The lowest BCUT2D eigenvalue weighted by Crippen LogP contribution is -2.32. The number of methoxy groups -OCH3 is 1. The molecule has 0 aromatic heterocycles. The number of esters is 2. The van der Waals surface area contributed by atoms with Crippen LogP contribution in [0.1, 0.15) is 48.2 Å². The van der Waals surface area contributed by atoms with Crippen LogP contribution >= 0.6 is 0 Å². The standard InChI is InChI=1S/C21H24O4/c1-15(16-10-6-5-7-11-16)17-12-8-9-13-18(17)19(22)25-14-21(2,3)20(23)24-4/h5-13,15H,14H2,1-4H3/t15-/m1/s1. The Hall–Kier alpha value is -2.62. The van der Waals surface area contributed by atoms with Gasteiger partial charge in [-0.1, -0.05) is 55.5 Å². The van der Waals surface area contributed by atoms with Gasteiger partial charge in [-0.3, -0.25) is 4.79 Å². The Morgan fingerprint density at radius 3 is 2.24 bits per heavy atom. The number of benzene rings is 2. The Bertz CT molecular complexity index is 735. The number of ether oxygens (including phenoxy) is 2. The van der Waals surface area contributed by atoms with Gasteiger partial charge >= 0.3 is 11.9 Å². The van der Waals surface area contributed by atoms with Gasteiger partial charge in [0.2, 0.25) is 0 Å². The first-order valence-corrected chi connectivity index (χ1v) is 8.26. The molecule has 0 fully saturated rings. The van der Waals surface area contributed by atoms with Crippen LogP contribution in [0.2, 0.25) is 0 Å². The molecule has 2 aromatic carbocycles. The molecule has 0 aliphatic rings. The normalized spacial score (nSPS) is 12.3. The van der Waals surface area contributed by atoms with Crippen molar-refractivity contribution in [1.82, 2.24) is 0 Å². The molecule has 132 valence electrons. The number of carbonyl (C=O) groups is 2. The zero-order valence-corrected chi connectivity index (χ0v) is 15.1. The van der Waals surface area contributed by atoms with Gasteiger partial charge in [0, 0.05) is 5.92 Å². The molecule has 0 radical (unpaired) electrons. The van der Waals surface area contributed by atoms with Gasteiger partial charge in [-0.15, -0.1) is 0 Å². The first kappa shape index (κ1) is 18.7. The molecule has 2 rings (SSSR count). The highest BCUT2D eigenvalue weighted by atomic mass is 16.5. The Morgan fingerprint density at radius 1 is 1.00 bits per heavy atom. The van der Waals surface area contributed by atoms with E-state index >= 15 is 0 Å². The van der Waals surface area contributed by atoms with Crippen LogP contribution in [-0.2, 0) is 14.3 Å². The molecule has 0 amide bonds. The summed E-state index contributed by atoms with van der Waals surface area (Å²) in [4.78, 5) is 24.3. The van der Waals surface area contributed by atoms with Gasteiger partial charge in [-0.05, 0) is 31.0 Å². The Morgan fingerprint density at radius 2 is 1.60 bits per heavy atom. The third-order valence-electron chi connectivity index (χ3n) is 4.25. The molecular formula is C21H24O4. The second kappa shape index (κ2) is 7.97. The molecule has 0 bridgehead atoms. The van der Waals surface area contributed by atoms with E-state index in [-0.39, 0.29) is 12.5 Å². The molecule has 4 heteroatoms. The van der Waals surface area contributed by atoms with Crippen LogP contribution in [0.5, 0.6) is 0 Å². The van der Waals surface area contributed by atoms with E-state index in [1.165, 1.54) is 7.11 Å². The molecule has 0 aliphatic heterocycles. The summed E-state index contributed by atoms with van der Waals surface area (Å²) in [5.74, 6) is -0.792. The van der Waals surface area contributed by atoms with Crippen LogP contribution in [0.25, 0.3) is 0 Å². The maximum absolute atomic E-state index is 12.6. The number of hydrogen-bond donors (Lipinski definition) is 0. The molecule has 0 saturated carbocycles. The summed E-state index contributed by atoms with van der Waals surface area (Å²) < 4.78 is 10.1. The third-order valence-corrected chi connectivity index (χ3v) is 4.25. The van der Waals surface area contributed by atoms with Gasteiger partial charge in [-0.2, -0.15) is 0 Å². The lowest BCUT2D eigenvalue weighted by molar-refractivity contribution is -0.152. The van der Waals surface area contributed by atoms with Gasteiger partial charge in [0.05, 0.1) is 18.1 Å². The zero-order valence-electron chi connectivity index (χ0n) is 15.1. The zero-order chi connectivity index (χ0) is 18.4. The van der Waals surface area contributed by atoms with Crippen molar-refractivity contribution < 1.29 is 19.1 Å². The van der Waals surface area contributed by atoms with Crippen molar-refractivity contribution in [1.29, 1.82) is 0 Å². The summed E-state index contributed by atoms with van der Waals surface area (Å²) in [5, 5.41) is 0. The highest BCUT2D eigenvalue weighted by Gasteiger charge is 2.31. The smallest absolute Gasteiger partial charge is 0.338 e. The van der Waals surface area contributed by atoms with Crippen molar-refractivity contribution in [3.8, 4) is 0 Å². The summed E-state index contributed by atoms with van der Waals surface area (Å²) >= 11 is 0. The van der Waals surface area contributed by atoms with E-state index in [9.17, 15) is 9.59 Å². The second-order valence-corrected chi connectivity index (χ2v) is 6.67. The van der Waals surface area contributed by atoms with Gasteiger partial charge in [0.1, 0.15) is 6.61 Å². The monoisotopic (exact) mass is 340 g/mol. The molecule has 0 aliphatic carbocycles. The molecular weight excluding hydrogens is 316 g/mol. The Labute approximate surface area is 148 Å². The second-order valence-electron chi connectivity index (χ2n) is 6.67. The summed E-state index contributed by atoms with van der Waals surface area (Å²) in [5.41, 5.74) is 1.65. The summed E-state index contributed by atoms with van der Waals surface area (Å²) in [7, 11) is 1.32. The predicted octanol–water partition coefficient (Wildman–Crippen LogP) is 4.19. The van der Waals surface area contributed by atoms with E-state index < -0.39 is 17.4 Å². The van der Waals surface area contributed by atoms with Crippen molar-refractivity contribution in [2.24, 2.45) is 5.41 Å². The lowest BCUT2D eigenvalue weighted by Gasteiger charge is -2.22. The number of rotatable bonds is 6. The quantitative estimate of drug-likeness (QED) is 0.740. The molecule has 4 nitrogen and oxygen atoms in total. The average Bonchev–Trinajstić information content (AvgIpc) is 2.65. The molecule has 0 heterocycles. The van der Waals surface area contributed by atoms with Crippen LogP contribution in [0, 0.1) is 5.41 Å². The molecule has 1 atom stereocenters. The van der Waals surface area contributed by atoms with Crippen molar-refractivity contribution >= 4 is 11.9 Å². The molecule has 0 spiro atoms. The lowest BCUT2D eigenvalue weighted by atomic mass is 9.89. The van der Waals surface area contributed by atoms with E-state index in [1.807, 2.05) is 48.5 Å². The van der Waals surface area contributed by atoms with E-state index in [2.05, 4.69) is 6.92 Å². The fraction of sp³-hybridized carbons (Fsp3) is 0.333. The fourth-order valence-electron chi connectivity index (χ4n) is 2.64. The van der Waals surface area contributed by atoms with Crippen LogP contribution in [0.3, 0.4) is 0 Å². The maximum Gasteiger partial charge on any atom is 0.338 e. The summed E-state index contributed by atoms with van der Waals surface area (Å²) in [6, 6.07) is 17.4. The molecule has 25 heavy (non-hydrogen) atoms. The predicted molar refractivity (Wildman–Crippen MR) is 96.5 cm³/mol. The molecule has 0 saturated heterocycles. The minimum absolute atomic E-state index is 0.0352. The van der Waals surface area contributed by atoms with Crippen molar-refractivity contribution in [3.63, 3.8) is 0 Å². The minimum Gasteiger partial charge on any atom is -0.469 e. The first-order chi connectivity index (χ1) is 11.9. The third kappa shape index (κ3) is 4.47. The van der Waals surface area contributed by atoms with Gasteiger partial charge in [0.15, 0.2) is 0 Å². The van der Waals surface area contributed by atoms with E-state index in [4.69, 9.17) is 9.47 Å². The van der Waals surface area contributed by atoms with E-state index in [1.54, 1.807) is 19.9 Å². The fourth-order valence-corrected chi connectivity index (χ4v) is 2.64. The van der Waals surface area contributed by atoms with Crippen molar-refractivity contribution in [3.05, 3.63) is 71.3 Å². The number of carbonyl (C=O) groups excluding carboxylic acids is 2. The first-order valence-electron chi connectivity index (χ1n) is 8.26. The molecule has 0 N–H and O–H groups in total. The van der Waals surface area contributed by atoms with Crippen molar-refractivity contribution in [2.75, 3.05) is 13.7 Å². The summed E-state index contributed by atoms with van der Waals surface area (Å²) in [6.07, 6.45) is 0. The Kier molecular flexibility index (Phi) is 5.97. The summed E-state index contributed by atoms with van der Waals surface area (Å²) in [6.45, 7) is 5.39. The molecule has 2 aromatic rings. The minimum atomic E-state index is -0.885. The van der Waals surface area contributed by atoms with Crippen LogP contribution in [0.15, 0.2) is 54.6 Å². The SMILES string of the molecule is COC(=O)C(C)(C)COC(=O)c1ccccc1[C@H](C)c1ccccc1. The maximum atomic E-state index is 12.6.